The van der Waals surface area contributed by atoms with Gasteiger partial charge in [-0.3, -0.25) is 9.20 Å². The van der Waals surface area contributed by atoms with E-state index in [2.05, 4.69) is 41.2 Å². The van der Waals surface area contributed by atoms with E-state index in [-0.39, 0.29) is 5.56 Å². The van der Waals surface area contributed by atoms with Crippen LogP contribution in [0.3, 0.4) is 0 Å². The number of nitrogens with zero attached hydrogens (tertiary/aromatic N) is 3. The molecule has 0 fully saturated rings. The summed E-state index contributed by atoms with van der Waals surface area (Å²) in [7, 11) is 0. The number of hydrogen-bond donors (Lipinski definition) is 1. The Morgan fingerprint density at radius 2 is 2.08 bits per heavy atom. The van der Waals surface area contributed by atoms with Crippen molar-refractivity contribution in [2.75, 3.05) is 0 Å². The van der Waals surface area contributed by atoms with Gasteiger partial charge in [0.25, 0.3) is 5.56 Å². The lowest BCUT2D eigenvalue weighted by Gasteiger charge is -2.07. The first kappa shape index (κ1) is 14.8. The predicted octanol–water partition coefficient (Wildman–Crippen LogP) is 3.75. The summed E-state index contributed by atoms with van der Waals surface area (Å²) in [6.45, 7) is 4.82. The smallest absolute Gasteiger partial charge is 0.294 e. The first-order valence-electron chi connectivity index (χ1n) is 8.34. The SMILES string of the molecule is CCCCn1ccn2c(-c3ccc4[nH]ccc4c3)c(C)nc2c1=O. The summed E-state index contributed by atoms with van der Waals surface area (Å²) in [6, 6.07) is 8.31. The molecule has 0 amide bonds. The quantitative estimate of drug-likeness (QED) is 0.622. The number of hydrogen-bond acceptors (Lipinski definition) is 2. The zero-order chi connectivity index (χ0) is 16.7. The second-order valence-electron chi connectivity index (χ2n) is 6.17. The molecule has 4 aromatic rings. The molecule has 5 heteroatoms. The minimum Gasteiger partial charge on any atom is -0.361 e. The molecule has 1 N–H and O–H groups in total. The highest BCUT2D eigenvalue weighted by Gasteiger charge is 2.14. The lowest BCUT2D eigenvalue weighted by atomic mass is 10.1. The predicted molar refractivity (Wildman–Crippen MR) is 96.4 cm³/mol. The van der Waals surface area contributed by atoms with E-state index in [0.717, 1.165) is 47.2 Å². The van der Waals surface area contributed by atoms with Crippen LogP contribution in [-0.4, -0.2) is 18.9 Å². The van der Waals surface area contributed by atoms with E-state index < -0.39 is 0 Å². The van der Waals surface area contributed by atoms with Gasteiger partial charge in [-0.15, -0.1) is 0 Å². The van der Waals surface area contributed by atoms with Crippen molar-refractivity contribution in [1.82, 2.24) is 18.9 Å². The van der Waals surface area contributed by atoms with Gasteiger partial charge in [0.1, 0.15) is 0 Å². The molecule has 3 heterocycles. The summed E-state index contributed by atoms with van der Waals surface area (Å²) in [5, 5.41) is 1.15. The fourth-order valence-electron chi connectivity index (χ4n) is 3.24. The minimum absolute atomic E-state index is 0.0250. The fraction of sp³-hybridized carbons (Fsp3) is 0.263. The number of rotatable bonds is 4. The Labute approximate surface area is 139 Å². The number of nitrogens with one attached hydrogen (secondary N) is 1. The summed E-state index contributed by atoms with van der Waals surface area (Å²) in [5.74, 6) is 0. The monoisotopic (exact) mass is 320 g/mol. The zero-order valence-electron chi connectivity index (χ0n) is 13.9. The number of unbranched alkanes of at least 4 members (excludes halogenated alkanes) is 1. The summed E-state index contributed by atoms with van der Waals surface area (Å²) in [6.07, 6.45) is 7.80. The van der Waals surface area contributed by atoms with Crippen LogP contribution in [0, 0.1) is 6.92 Å². The van der Waals surface area contributed by atoms with Crippen molar-refractivity contribution >= 4 is 16.6 Å². The highest BCUT2D eigenvalue weighted by molar-refractivity contribution is 5.85. The Bertz CT molecular complexity index is 1080. The van der Waals surface area contributed by atoms with Crippen molar-refractivity contribution in [3.8, 4) is 11.3 Å². The Balaban J connectivity index is 1.90. The lowest BCUT2D eigenvalue weighted by Crippen LogP contribution is -2.21. The fourth-order valence-corrected chi connectivity index (χ4v) is 3.24. The van der Waals surface area contributed by atoms with Crippen LogP contribution in [0.1, 0.15) is 25.5 Å². The van der Waals surface area contributed by atoms with Crippen molar-refractivity contribution in [2.24, 2.45) is 0 Å². The minimum atomic E-state index is -0.0250. The molecular weight excluding hydrogens is 300 g/mol. The largest absolute Gasteiger partial charge is 0.361 e. The van der Waals surface area contributed by atoms with Gasteiger partial charge in [-0.05, 0) is 31.5 Å². The number of aromatic amines is 1. The van der Waals surface area contributed by atoms with Crippen LogP contribution >= 0.6 is 0 Å². The van der Waals surface area contributed by atoms with Gasteiger partial charge in [-0.1, -0.05) is 19.4 Å². The standard InChI is InChI=1S/C19H20N4O/c1-3-4-9-22-10-11-23-17(13(2)21-18(23)19(22)24)15-5-6-16-14(12-15)7-8-20-16/h5-8,10-12,20H,3-4,9H2,1-2H3. The molecular formula is C19H20N4O. The van der Waals surface area contributed by atoms with E-state index in [0.29, 0.717) is 5.65 Å². The Morgan fingerprint density at radius 3 is 2.92 bits per heavy atom. The van der Waals surface area contributed by atoms with E-state index >= 15 is 0 Å². The van der Waals surface area contributed by atoms with Crippen molar-refractivity contribution < 1.29 is 0 Å². The molecule has 0 radical (unpaired) electrons. The third-order valence-electron chi connectivity index (χ3n) is 4.51. The maximum Gasteiger partial charge on any atom is 0.294 e. The van der Waals surface area contributed by atoms with E-state index in [1.807, 2.05) is 29.9 Å². The number of aromatic nitrogens is 4. The maximum atomic E-state index is 12.7. The highest BCUT2D eigenvalue weighted by Crippen LogP contribution is 2.27. The second-order valence-corrected chi connectivity index (χ2v) is 6.17. The molecule has 3 aromatic heterocycles. The summed E-state index contributed by atoms with van der Waals surface area (Å²) >= 11 is 0. The average molecular weight is 320 g/mol. The molecule has 24 heavy (non-hydrogen) atoms. The molecule has 1 aromatic carbocycles. The number of H-pyrrole nitrogens is 1. The third-order valence-corrected chi connectivity index (χ3v) is 4.51. The zero-order valence-corrected chi connectivity index (χ0v) is 13.9. The Morgan fingerprint density at radius 1 is 1.21 bits per heavy atom. The summed E-state index contributed by atoms with van der Waals surface area (Å²) in [4.78, 5) is 20.4. The number of fused-ring (bicyclic) bond motifs is 2. The maximum absolute atomic E-state index is 12.7. The molecule has 0 aliphatic rings. The molecule has 0 unspecified atom stereocenters. The first-order valence-corrected chi connectivity index (χ1v) is 8.34. The van der Waals surface area contributed by atoms with Gasteiger partial charge in [0.15, 0.2) is 0 Å². The Hall–Kier alpha value is -2.82. The highest BCUT2D eigenvalue weighted by atomic mass is 16.1. The van der Waals surface area contributed by atoms with E-state index in [4.69, 9.17) is 0 Å². The summed E-state index contributed by atoms with van der Waals surface area (Å²) < 4.78 is 3.67. The molecule has 0 atom stereocenters. The molecule has 0 aliphatic carbocycles. The van der Waals surface area contributed by atoms with Crippen molar-refractivity contribution in [2.45, 2.75) is 33.2 Å². The topological polar surface area (TPSA) is 55.1 Å². The number of imidazole rings is 1. The van der Waals surface area contributed by atoms with Crippen LogP contribution in [0.2, 0.25) is 0 Å². The van der Waals surface area contributed by atoms with Gasteiger partial charge >= 0.3 is 0 Å². The van der Waals surface area contributed by atoms with Gasteiger partial charge in [0, 0.05) is 41.6 Å². The van der Waals surface area contributed by atoms with Crippen LogP contribution in [0.5, 0.6) is 0 Å². The third kappa shape index (κ3) is 2.24. The van der Waals surface area contributed by atoms with Gasteiger partial charge in [0.2, 0.25) is 5.65 Å². The molecule has 4 rings (SSSR count). The van der Waals surface area contributed by atoms with E-state index in [1.165, 1.54) is 0 Å². The molecule has 0 saturated heterocycles. The molecule has 0 spiro atoms. The first-order chi connectivity index (χ1) is 11.7. The number of aryl methyl sites for hydroxylation is 2. The van der Waals surface area contributed by atoms with E-state index in [1.54, 1.807) is 4.57 Å². The van der Waals surface area contributed by atoms with Gasteiger partial charge in [-0.25, -0.2) is 4.98 Å². The Kier molecular flexibility index (Phi) is 3.49. The number of benzene rings is 1. The molecule has 0 saturated carbocycles. The van der Waals surface area contributed by atoms with Crippen LogP contribution in [0.4, 0.5) is 0 Å². The molecule has 5 nitrogen and oxygen atoms in total. The van der Waals surface area contributed by atoms with Gasteiger partial charge in [0.05, 0.1) is 11.4 Å². The lowest BCUT2D eigenvalue weighted by molar-refractivity contribution is 0.611. The van der Waals surface area contributed by atoms with Crippen LogP contribution in [0.15, 0.2) is 47.7 Å². The molecule has 122 valence electrons. The van der Waals surface area contributed by atoms with Gasteiger partial charge < -0.3 is 9.55 Å². The normalized spacial score (nSPS) is 11.6. The van der Waals surface area contributed by atoms with E-state index in [9.17, 15) is 4.79 Å². The average Bonchev–Trinajstić information content (AvgIpc) is 3.17. The van der Waals surface area contributed by atoms with Crippen molar-refractivity contribution in [3.05, 3.63) is 58.9 Å². The summed E-state index contributed by atoms with van der Waals surface area (Å²) in [5.41, 5.74) is 4.49. The van der Waals surface area contributed by atoms with Crippen molar-refractivity contribution in [1.29, 1.82) is 0 Å². The van der Waals surface area contributed by atoms with Crippen LogP contribution < -0.4 is 5.56 Å². The molecule has 0 aliphatic heterocycles. The molecule has 0 bridgehead atoms. The van der Waals surface area contributed by atoms with Gasteiger partial charge in [-0.2, -0.15) is 0 Å². The van der Waals surface area contributed by atoms with Crippen LogP contribution in [0.25, 0.3) is 27.8 Å². The second kappa shape index (κ2) is 5.67. The van der Waals surface area contributed by atoms with Crippen LogP contribution in [-0.2, 0) is 6.54 Å². The van der Waals surface area contributed by atoms with Crippen molar-refractivity contribution in [3.63, 3.8) is 0 Å².